The number of ether oxygens (including phenoxy) is 2. The predicted molar refractivity (Wildman–Crippen MR) is 78.0 cm³/mol. The third-order valence-electron chi connectivity index (χ3n) is 3.03. The minimum atomic E-state index is -0.271. The molecule has 0 N–H and O–H groups in total. The van der Waals surface area contributed by atoms with Gasteiger partial charge in [0.25, 0.3) is 5.78 Å². The average Bonchev–Trinajstić information content (AvgIpc) is 2.81. The summed E-state index contributed by atoms with van der Waals surface area (Å²) < 4.78 is 12.4. The van der Waals surface area contributed by atoms with E-state index in [-0.39, 0.29) is 11.5 Å². The highest BCUT2D eigenvalue weighted by molar-refractivity contribution is 7.99. The SMILES string of the molecule is CC[C@H](Sc1nc2nc(C)cc(C)n2n1)C(OC)OC. The highest BCUT2D eigenvalue weighted by atomic mass is 32.2. The van der Waals surface area contributed by atoms with Crippen LogP contribution in [0.4, 0.5) is 0 Å². The normalized spacial score (nSPS) is 13.3. The first-order chi connectivity index (χ1) is 9.58. The second kappa shape index (κ2) is 6.51. The van der Waals surface area contributed by atoms with Crippen LogP contribution in [0.1, 0.15) is 24.7 Å². The van der Waals surface area contributed by atoms with Gasteiger partial charge in [0.05, 0.1) is 5.25 Å². The molecule has 2 aromatic rings. The molecule has 2 aromatic heterocycles. The van der Waals surface area contributed by atoms with E-state index in [2.05, 4.69) is 22.0 Å². The Hall–Kier alpha value is -1.18. The Kier molecular flexibility index (Phi) is 4.95. The molecule has 0 unspecified atom stereocenters. The van der Waals surface area contributed by atoms with Crippen molar-refractivity contribution in [2.75, 3.05) is 14.2 Å². The number of aryl methyl sites for hydroxylation is 2. The topological polar surface area (TPSA) is 61.5 Å². The van der Waals surface area contributed by atoms with Gasteiger partial charge < -0.3 is 9.47 Å². The fourth-order valence-electron chi connectivity index (χ4n) is 2.06. The molecule has 0 aliphatic heterocycles. The van der Waals surface area contributed by atoms with Crippen LogP contribution in [-0.4, -0.2) is 45.3 Å². The summed E-state index contributed by atoms with van der Waals surface area (Å²) in [6, 6.07) is 1.99. The lowest BCUT2D eigenvalue weighted by atomic mass is 10.3. The Morgan fingerprint density at radius 2 is 1.95 bits per heavy atom. The third-order valence-corrected chi connectivity index (χ3v) is 4.27. The first-order valence-corrected chi connectivity index (χ1v) is 7.40. The standard InChI is InChI=1S/C13H20N4O2S/c1-6-10(11(18-4)19-5)20-13-15-12-14-8(2)7-9(3)17(12)16-13/h7,10-11H,6H2,1-5H3/t10-/m0/s1. The van der Waals surface area contributed by atoms with Gasteiger partial charge in [-0.2, -0.15) is 4.98 Å². The van der Waals surface area contributed by atoms with Crippen LogP contribution < -0.4 is 0 Å². The van der Waals surface area contributed by atoms with Crippen LogP contribution in [0.2, 0.25) is 0 Å². The highest BCUT2D eigenvalue weighted by Gasteiger charge is 2.22. The summed E-state index contributed by atoms with van der Waals surface area (Å²) in [6.07, 6.45) is 0.630. The molecule has 2 heterocycles. The number of methoxy groups -OCH3 is 2. The van der Waals surface area contributed by atoms with Gasteiger partial charge in [0.1, 0.15) is 0 Å². The van der Waals surface area contributed by atoms with Crippen molar-refractivity contribution in [2.45, 2.75) is 43.9 Å². The van der Waals surface area contributed by atoms with Crippen molar-refractivity contribution in [2.24, 2.45) is 0 Å². The minimum Gasteiger partial charge on any atom is -0.355 e. The fraction of sp³-hybridized carbons (Fsp3) is 0.615. The zero-order valence-corrected chi connectivity index (χ0v) is 13.3. The van der Waals surface area contributed by atoms with Crippen LogP contribution >= 0.6 is 11.8 Å². The van der Waals surface area contributed by atoms with Crippen molar-refractivity contribution in [3.63, 3.8) is 0 Å². The first-order valence-electron chi connectivity index (χ1n) is 6.52. The van der Waals surface area contributed by atoms with Crippen molar-refractivity contribution < 1.29 is 9.47 Å². The van der Waals surface area contributed by atoms with Gasteiger partial charge in [0.2, 0.25) is 5.16 Å². The minimum absolute atomic E-state index is 0.142. The monoisotopic (exact) mass is 296 g/mol. The largest absolute Gasteiger partial charge is 0.355 e. The van der Waals surface area contributed by atoms with Gasteiger partial charge in [-0.25, -0.2) is 9.50 Å². The first kappa shape index (κ1) is 15.2. The van der Waals surface area contributed by atoms with Gasteiger partial charge in [-0.15, -0.1) is 5.10 Å². The fourth-order valence-corrected chi connectivity index (χ4v) is 3.10. The molecule has 0 aliphatic rings. The summed E-state index contributed by atoms with van der Waals surface area (Å²) in [5.41, 5.74) is 1.97. The molecular weight excluding hydrogens is 276 g/mol. The van der Waals surface area contributed by atoms with E-state index < -0.39 is 0 Å². The van der Waals surface area contributed by atoms with E-state index in [4.69, 9.17) is 9.47 Å². The molecule has 6 nitrogen and oxygen atoms in total. The van der Waals surface area contributed by atoms with Crippen LogP contribution in [0.25, 0.3) is 5.78 Å². The maximum Gasteiger partial charge on any atom is 0.253 e. The lowest BCUT2D eigenvalue weighted by Crippen LogP contribution is -2.26. The molecule has 0 aromatic carbocycles. The Balaban J connectivity index is 2.27. The number of fused-ring (bicyclic) bond motifs is 1. The molecule has 7 heteroatoms. The van der Waals surface area contributed by atoms with Crippen LogP contribution in [0.3, 0.4) is 0 Å². The average molecular weight is 296 g/mol. The Morgan fingerprint density at radius 3 is 2.55 bits per heavy atom. The molecule has 110 valence electrons. The lowest BCUT2D eigenvalue weighted by Gasteiger charge is -2.21. The Bertz CT molecular complexity index is 583. The van der Waals surface area contributed by atoms with E-state index in [1.54, 1.807) is 30.5 Å². The summed E-state index contributed by atoms with van der Waals surface area (Å²) in [5.74, 6) is 0.631. The second-order valence-electron chi connectivity index (χ2n) is 4.55. The molecule has 0 fully saturated rings. The summed E-state index contributed by atoms with van der Waals surface area (Å²) in [4.78, 5) is 8.85. The number of nitrogens with zero attached hydrogens (tertiary/aromatic N) is 4. The van der Waals surface area contributed by atoms with Gasteiger partial charge in [0, 0.05) is 25.6 Å². The molecular formula is C13H20N4O2S. The second-order valence-corrected chi connectivity index (χ2v) is 5.76. The third kappa shape index (κ3) is 3.11. The number of hydrogen-bond acceptors (Lipinski definition) is 6. The van der Waals surface area contributed by atoms with Gasteiger partial charge in [-0.3, -0.25) is 0 Å². The molecule has 0 aliphatic carbocycles. The quantitative estimate of drug-likeness (QED) is 0.602. The highest BCUT2D eigenvalue weighted by Crippen LogP contribution is 2.27. The molecule has 0 saturated heterocycles. The van der Waals surface area contributed by atoms with Crippen molar-refractivity contribution in [1.82, 2.24) is 19.6 Å². The van der Waals surface area contributed by atoms with Gasteiger partial charge >= 0.3 is 0 Å². The van der Waals surface area contributed by atoms with Crippen molar-refractivity contribution in [1.29, 1.82) is 0 Å². The molecule has 0 bridgehead atoms. The smallest absolute Gasteiger partial charge is 0.253 e. The van der Waals surface area contributed by atoms with Crippen LogP contribution in [0, 0.1) is 13.8 Å². The Labute approximate surface area is 122 Å². The molecule has 20 heavy (non-hydrogen) atoms. The molecule has 0 saturated carbocycles. The number of thioether (sulfide) groups is 1. The zero-order valence-electron chi connectivity index (χ0n) is 12.5. The van der Waals surface area contributed by atoms with E-state index in [9.17, 15) is 0 Å². The summed E-state index contributed by atoms with van der Waals surface area (Å²) in [5, 5.41) is 5.32. The summed E-state index contributed by atoms with van der Waals surface area (Å²) >= 11 is 1.55. The van der Waals surface area contributed by atoms with Crippen LogP contribution in [0.15, 0.2) is 11.2 Å². The van der Waals surface area contributed by atoms with E-state index in [1.807, 2.05) is 19.9 Å². The zero-order chi connectivity index (χ0) is 14.7. The number of aromatic nitrogens is 4. The molecule has 0 amide bonds. The van der Waals surface area contributed by atoms with Gasteiger partial charge in [0.15, 0.2) is 6.29 Å². The van der Waals surface area contributed by atoms with Gasteiger partial charge in [-0.1, -0.05) is 18.7 Å². The van der Waals surface area contributed by atoms with Gasteiger partial charge in [-0.05, 0) is 26.3 Å². The molecule has 0 spiro atoms. The molecule has 0 radical (unpaired) electrons. The van der Waals surface area contributed by atoms with E-state index in [1.165, 1.54) is 0 Å². The van der Waals surface area contributed by atoms with Crippen LogP contribution in [-0.2, 0) is 9.47 Å². The number of hydrogen-bond donors (Lipinski definition) is 0. The van der Waals surface area contributed by atoms with Crippen LogP contribution in [0.5, 0.6) is 0 Å². The number of rotatable bonds is 6. The molecule has 1 atom stereocenters. The molecule has 2 rings (SSSR count). The summed E-state index contributed by atoms with van der Waals surface area (Å²) in [6.45, 7) is 6.04. The lowest BCUT2D eigenvalue weighted by molar-refractivity contribution is -0.102. The van der Waals surface area contributed by atoms with Crippen molar-refractivity contribution in [3.8, 4) is 0 Å². The van der Waals surface area contributed by atoms with E-state index in [0.29, 0.717) is 10.9 Å². The maximum atomic E-state index is 5.32. The van der Waals surface area contributed by atoms with Crippen molar-refractivity contribution >= 4 is 17.5 Å². The maximum absolute atomic E-state index is 5.32. The predicted octanol–water partition coefficient (Wildman–Crippen LogP) is 2.23. The van der Waals surface area contributed by atoms with E-state index in [0.717, 1.165) is 17.8 Å². The van der Waals surface area contributed by atoms with E-state index >= 15 is 0 Å². The van der Waals surface area contributed by atoms with Crippen molar-refractivity contribution in [3.05, 3.63) is 17.5 Å². The summed E-state index contributed by atoms with van der Waals surface area (Å²) in [7, 11) is 3.28. The Morgan fingerprint density at radius 1 is 1.25 bits per heavy atom.